The Bertz CT molecular complexity index is 504. The van der Waals surface area contributed by atoms with E-state index in [9.17, 15) is 0 Å². The van der Waals surface area contributed by atoms with Gasteiger partial charge in [0.2, 0.25) is 5.28 Å². The summed E-state index contributed by atoms with van der Waals surface area (Å²) in [6.45, 7) is 1.81. The van der Waals surface area contributed by atoms with Crippen LogP contribution in [-0.4, -0.2) is 15.0 Å². The first-order valence-corrected chi connectivity index (χ1v) is 5.74. The number of rotatable bonds is 2. The van der Waals surface area contributed by atoms with Crippen LogP contribution in [0.5, 0.6) is 0 Å². The van der Waals surface area contributed by atoms with Crippen molar-refractivity contribution in [3.63, 3.8) is 0 Å². The van der Waals surface area contributed by atoms with Crippen molar-refractivity contribution in [3.05, 3.63) is 35.5 Å². The molecule has 2 N–H and O–H groups in total. The number of pyridine rings is 1. The van der Waals surface area contributed by atoms with Gasteiger partial charge in [0.05, 0.1) is 11.4 Å². The number of hydrogen-bond donors (Lipinski definition) is 1. The summed E-state index contributed by atoms with van der Waals surface area (Å²) in [6, 6.07) is 3.77. The fraction of sp³-hybridized carbons (Fsp3) is 0.100. The summed E-state index contributed by atoms with van der Waals surface area (Å²) in [4.78, 5) is 13.0. The zero-order valence-corrected chi connectivity index (χ0v) is 10.1. The zero-order chi connectivity index (χ0) is 11.5. The van der Waals surface area contributed by atoms with E-state index in [0.29, 0.717) is 16.4 Å². The minimum Gasteiger partial charge on any atom is -0.395 e. The van der Waals surface area contributed by atoms with Gasteiger partial charge in [-0.1, -0.05) is 11.8 Å². The van der Waals surface area contributed by atoms with Gasteiger partial charge in [0, 0.05) is 17.3 Å². The van der Waals surface area contributed by atoms with Gasteiger partial charge in [-0.15, -0.1) is 0 Å². The monoisotopic (exact) mass is 252 g/mol. The molecule has 82 valence electrons. The van der Waals surface area contributed by atoms with Gasteiger partial charge in [0.1, 0.15) is 5.03 Å². The molecule has 0 amide bonds. The Labute approximate surface area is 102 Å². The molecule has 6 heteroatoms. The van der Waals surface area contributed by atoms with Crippen molar-refractivity contribution < 1.29 is 0 Å². The van der Waals surface area contributed by atoms with Crippen molar-refractivity contribution in [2.45, 2.75) is 16.8 Å². The van der Waals surface area contributed by atoms with Crippen LogP contribution < -0.4 is 5.73 Å². The lowest BCUT2D eigenvalue weighted by atomic mass is 10.4. The van der Waals surface area contributed by atoms with Crippen LogP contribution in [0.4, 0.5) is 5.69 Å². The maximum atomic E-state index is 5.88. The fourth-order valence-corrected chi connectivity index (χ4v) is 2.25. The maximum Gasteiger partial charge on any atom is 0.223 e. The number of nitrogen functional groups attached to an aromatic ring is 1. The Morgan fingerprint density at radius 3 is 2.62 bits per heavy atom. The van der Waals surface area contributed by atoms with E-state index in [4.69, 9.17) is 17.3 Å². The molecule has 2 rings (SSSR count). The van der Waals surface area contributed by atoms with Crippen LogP contribution in [0.1, 0.15) is 5.69 Å². The SMILES string of the molecule is Cc1nc(Cl)nc(Sc2ccncc2)c1N. The van der Waals surface area contributed by atoms with Crippen molar-refractivity contribution in [1.29, 1.82) is 0 Å². The highest BCUT2D eigenvalue weighted by molar-refractivity contribution is 7.99. The quantitative estimate of drug-likeness (QED) is 0.657. The van der Waals surface area contributed by atoms with Gasteiger partial charge < -0.3 is 5.73 Å². The molecule has 0 fully saturated rings. The topological polar surface area (TPSA) is 64.7 Å². The van der Waals surface area contributed by atoms with Crippen LogP contribution in [-0.2, 0) is 0 Å². The van der Waals surface area contributed by atoms with Crippen molar-refractivity contribution in [3.8, 4) is 0 Å². The summed E-state index contributed by atoms with van der Waals surface area (Å²) in [5.74, 6) is 0. The molecular formula is C10H9ClN4S. The Balaban J connectivity index is 2.35. The van der Waals surface area contributed by atoms with E-state index in [0.717, 1.165) is 4.90 Å². The first-order chi connectivity index (χ1) is 7.66. The van der Waals surface area contributed by atoms with E-state index < -0.39 is 0 Å². The van der Waals surface area contributed by atoms with Gasteiger partial charge in [0.25, 0.3) is 0 Å². The molecule has 4 nitrogen and oxygen atoms in total. The molecule has 2 aromatic heterocycles. The van der Waals surface area contributed by atoms with Crippen molar-refractivity contribution in [2.75, 3.05) is 5.73 Å². The van der Waals surface area contributed by atoms with E-state index in [1.165, 1.54) is 11.8 Å². The van der Waals surface area contributed by atoms with Gasteiger partial charge >= 0.3 is 0 Å². The van der Waals surface area contributed by atoms with E-state index >= 15 is 0 Å². The highest BCUT2D eigenvalue weighted by Crippen LogP contribution is 2.31. The van der Waals surface area contributed by atoms with Crippen LogP contribution in [0.15, 0.2) is 34.4 Å². The number of nitrogens with zero attached hydrogens (tertiary/aromatic N) is 3. The second-order valence-corrected chi connectivity index (χ2v) is 4.48. The molecule has 0 atom stereocenters. The van der Waals surface area contributed by atoms with Crippen LogP contribution >= 0.6 is 23.4 Å². The highest BCUT2D eigenvalue weighted by atomic mass is 35.5. The first kappa shape index (κ1) is 11.2. The molecule has 16 heavy (non-hydrogen) atoms. The van der Waals surface area contributed by atoms with Crippen LogP contribution in [0.3, 0.4) is 0 Å². The first-order valence-electron chi connectivity index (χ1n) is 4.54. The number of hydrogen-bond acceptors (Lipinski definition) is 5. The summed E-state index contributed by atoms with van der Waals surface area (Å²) in [7, 11) is 0. The molecule has 0 saturated heterocycles. The van der Waals surface area contributed by atoms with Crippen LogP contribution in [0.25, 0.3) is 0 Å². The summed E-state index contributed by atoms with van der Waals surface area (Å²) < 4.78 is 0. The Kier molecular flexibility index (Phi) is 3.26. The summed E-state index contributed by atoms with van der Waals surface area (Å²) in [5, 5.41) is 0.881. The van der Waals surface area contributed by atoms with Crippen LogP contribution in [0, 0.1) is 6.92 Å². The molecule has 0 spiro atoms. The average molecular weight is 253 g/mol. The molecule has 0 radical (unpaired) electrons. The molecule has 2 aromatic rings. The lowest BCUT2D eigenvalue weighted by Crippen LogP contribution is -1.99. The summed E-state index contributed by atoms with van der Waals surface area (Å²) in [6.07, 6.45) is 3.43. The number of aromatic nitrogens is 3. The van der Waals surface area contributed by atoms with E-state index in [-0.39, 0.29) is 5.28 Å². The largest absolute Gasteiger partial charge is 0.395 e. The zero-order valence-electron chi connectivity index (χ0n) is 8.51. The van der Waals surface area contributed by atoms with Gasteiger partial charge in [-0.3, -0.25) is 4.98 Å². The van der Waals surface area contributed by atoms with Crippen molar-refractivity contribution in [1.82, 2.24) is 15.0 Å². The van der Waals surface area contributed by atoms with Gasteiger partial charge in [-0.25, -0.2) is 9.97 Å². The maximum absolute atomic E-state index is 5.88. The number of aryl methyl sites for hydroxylation is 1. The van der Waals surface area contributed by atoms with Gasteiger partial charge in [-0.05, 0) is 30.7 Å². The van der Waals surface area contributed by atoms with Crippen molar-refractivity contribution in [2.24, 2.45) is 0 Å². The average Bonchev–Trinajstić information content (AvgIpc) is 2.27. The molecule has 0 aromatic carbocycles. The fourth-order valence-electron chi connectivity index (χ4n) is 1.12. The lowest BCUT2D eigenvalue weighted by Gasteiger charge is -2.06. The third-order valence-electron chi connectivity index (χ3n) is 1.94. The molecule has 0 bridgehead atoms. The predicted molar refractivity (Wildman–Crippen MR) is 64.6 cm³/mol. The third kappa shape index (κ3) is 2.43. The van der Waals surface area contributed by atoms with E-state index in [2.05, 4.69) is 15.0 Å². The minimum atomic E-state index is 0.211. The highest BCUT2D eigenvalue weighted by Gasteiger charge is 2.09. The molecule has 0 aliphatic heterocycles. The Morgan fingerprint density at radius 2 is 1.94 bits per heavy atom. The van der Waals surface area contributed by atoms with Crippen molar-refractivity contribution >= 4 is 29.1 Å². The predicted octanol–water partition coefficient (Wildman–Crippen LogP) is 2.57. The molecule has 2 heterocycles. The normalized spacial score (nSPS) is 10.4. The summed E-state index contributed by atoms with van der Waals surface area (Å²) in [5.41, 5.74) is 7.13. The number of halogens is 1. The lowest BCUT2D eigenvalue weighted by molar-refractivity contribution is 1.02. The summed E-state index contributed by atoms with van der Waals surface area (Å²) >= 11 is 7.23. The van der Waals surface area contributed by atoms with E-state index in [1.54, 1.807) is 19.3 Å². The number of anilines is 1. The van der Waals surface area contributed by atoms with Gasteiger partial charge in [0.15, 0.2) is 0 Å². The molecule has 0 saturated carbocycles. The third-order valence-corrected chi connectivity index (χ3v) is 3.12. The van der Waals surface area contributed by atoms with E-state index in [1.807, 2.05) is 12.1 Å². The standard InChI is InChI=1S/C10H9ClN4S/c1-6-8(12)9(15-10(11)14-6)16-7-2-4-13-5-3-7/h2-5H,12H2,1H3. The molecule has 0 aliphatic rings. The Hall–Kier alpha value is -1.33. The Morgan fingerprint density at radius 1 is 1.25 bits per heavy atom. The second-order valence-electron chi connectivity index (χ2n) is 3.08. The molecule has 0 unspecified atom stereocenters. The molecular weight excluding hydrogens is 244 g/mol. The number of nitrogens with two attached hydrogens (primary N) is 1. The van der Waals surface area contributed by atoms with Crippen LogP contribution in [0.2, 0.25) is 5.28 Å². The molecule has 0 aliphatic carbocycles. The minimum absolute atomic E-state index is 0.211. The van der Waals surface area contributed by atoms with Gasteiger partial charge in [-0.2, -0.15) is 0 Å². The smallest absolute Gasteiger partial charge is 0.223 e. The second kappa shape index (κ2) is 4.67.